The fourth-order valence-electron chi connectivity index (χ4n) is 1.49. The number of hydrogen-bond acceptors (Lipinski definition) is 2. The number of thiocarbonyl (C=S) groups is 1. The van der Waals surface area contributed by atoms with E-state index in [1.165, 1.54) is 4.90 Å². The molecule has 0 aromatic heterocycles. The van der Waals surface area contributed by atoms with E-state index < -0.39 is 6.43 Å². The molecule has 0 atom stereocenters. The minimum absolute atomic E-state index is 0.222. The van der Waals surface area contributed by atoms with Gasteiger partial charge in [0.1, 0.15) is 4.99 Å². The first kappa shape index (κ1) is 12.8. The van der Waals surface area contributed by atoms with Crippen LogP contribution in [0.3, 0.4) is 0 Å². The summed E-state index contributed by atoms with van der Waals surface area (Å²) in [6, 6.07) is 5.41. The molecule has 0 saturated carbocycles. The van der Waals surface area contributed by atoms with Gasteiger partial charge in [-0.15, -0.1) is 0 Å². The molecule has 0 aliphatic heterocycles. The number of benzene rings is 1. The third kappa shape index (κ3) is 3.13. The van der Waals surface area contributed by atoms with Gasteiger partial charge >= 0.3 is 0 Å². The van der Waals surface area contributed by atoms with Crippen LogP contribution in [0.5, 0.6) is 0 Å². The number of anilines is 1. The van der Waals surface area contributed by atoms with Gasteiger partial charge in [0.2, 0.25) is 0 Å². The highest BCUT2D eigenvalue weighted by Gasteiger charge is 2.13. The quantitative estimate of drug-likeness (QED) is 0.824. The average molecular weight is 244 g/mol. The van der Waals surface area contributed by atoms with Gasteiger partial charge in [-0.3, -0.25) is 0 Å². The number of nitrogens with two attached hydrogens (primary N) is 1. The summed E-state index contributed by atoms with van der Waals surface area (Å²) in [4.78, 5) is 1.68. The van der Waals surface area contributed by atoms with Gasteiger partial charge in [0.05, 0.1) is 6.54 Å². The van der Waals surface area contributed by atoms with Crippen LogP contribution < -0.4 is 10.6 Å². The topological polar surface area (TPSA) is 29.3 Å². The smallest absolute Gasteiger partial charge is 0.255 e. The van der Waals surface area contributed by atoms with Crippen LogP contribution in [-0.4, -0.2) is 25.0 Å². The standard InChI is InChI=1S/C11H14F2N2S/c1-7-3-4-9(8(5-7)11(14)16)15(2)6-10(12)13/h3-5,10H,6H2,1-2H3,(H2,14,16). The summed E-state index contributed by atoms with van der Waals surface area (Å²) in [7, 11) is 1.60. The predicted octanol–water partition coefficient (Wildman–Crippen LogP) is 2.33. The lowest BCUT2D eigenvalue weighted by molar-refractivity contribution is 0.156. The third-order valence-corrected chi connectivity index (χ3v) is 2.46. The molecule has 0 radical (unpaired) electrons. The first-order chi connectivity index (χ1) is 7.41. The van der Waals surface area contributed by atoms with Crippen molar-refractivity contribution in [1.82, 2.24) is 0 Å². The van der Waals surface area contributed by atoms with Gasteiger partial charge in [0, 0.05) is 18.3 Å². The second-order valence-electron chi connectivity index (χ2n) is 3.66. The first-order valence-corrected chi connectivity index (χ1v) is 5.22. The van der Waals surface area contributed by atoms with E-state index >= 15 is 0 Å². The number of alkyl halides is 2. The van der Waals surface area contributed by atoms with E-state index in [0.717, 1.165) is 5.56 Å². The van der Waals surface area contributed by atoms with Crippen molar-refractivity contribution in [2.24, 2.45) is 5.73 Å². The van der Waals surface area contributed by atoms with E-state index in [9.17, 15) is 8.78 Å². The largest absolute Gasteiger partial charge is 0.389 e. The lowest BCUT2D eigenvalue weighted by Gasteiger charge is -2.22. The zero-order valence-electron chi connectivity index (χ0n) is 9.21. The van der Waals surface area contributed by atoms with Crippen LogP contribution in [0.4, 0.5) is 14.5 Å². The van der Waals surface area contributed by atoms with Crippen molar-refractivity contribution in [2.45, 2.75) is 13.3 Å². The van der Waals surface area contributed by atoms with Crippen molar-refractivity contribution in [3.8, 4) is 0 Å². The highest BCUT2D eigenvalue weighted by molar-refractivity contribution is 7.80. The molecule has 0 heterocycles. The average Bonchev–Trinajstić information content (AvgIpc) is 2.16. The van der Waals surface area contributed by atoms with Gasteiger partial charge in [-0.2, -0.15) is 0 Å². The van der Waals surface area contributed by atoms with Crippen LogP contribution in [0.25, 0.3) is 0 Å². The fraction of sp³-hybridized carbons (Fsp3) is 0.364. The monoisotopic (exact) mass is 244 g/mol. The Morgan fingerprint density at radius 1 is 1.50 bits per heavy atom. The summed E-state index contributed by atoms with van der Waals surface area (Å²) < 4.78 is 24.6. The van der Waals surface area contributed by atoms with E-state index in [4.69, 9.17) is 18.0 Å². The minimum atomic E-state index is -2.38. The van der Waals surface area contributed by atoms with Crippen LogP contribution in [0.1, 0.15) is 11.1 Å². The molecular formula is C11H14F2N2S. The molecule has 0 saturated heterocycles. The summed E-state index contributed by atoms with van der Waals surface area (Å²) in [6.45, 7) is 1.57. The molecule has 0 spiro atoms. The van der Waals surface area contributed by atoms with Crippen LogP contribution >= 0.6 is 12.2 Å². The van der Waals surface area contributed by atoms with Crippen molar-refractivity contribution in [1.29, 1.82) is 0 Å². The molecular weight excluding hydrogens is 230 g/mol. The zero-order valence-corrected chi connectivity index (χ0v) is 10.0. The molecule has 0 unspecified atom stereocenters. The zero-order chi connectivity index (χ0) is 12.3. The molecule has 5 heteroatoms. The van der Waals surface area contributed by atoms with Crippen LogP contribution in [0.2, 0.25) is 0 Å². The Morgan fingerprint density at radius 3 is 2.62 bits per heavy atom. The maximum Gasteiger partial charge on any atom is 0.255 e. The molecule has 2 nitrogen and oxygen atoms in total. The highest BCUT2D eigenvalue weighted by atomic mass is 32.1. The van der Waals surface area contributed by atoms with Gasteiger partial charge in [-0.05, 0) is 19.1 Å². The number of hydrogen-bond donors (Lipinski definition) is 1. The Morgan fingerprint density at radius 2 is 2.12 bits per heavy atom. The molecule has 1 rings (SSSR count). The van der Waals surface area contributed by atoms with E-state index in [0.29, 0.717) is 11.3 Å². The summed E-state index contributed by atoms with van der Waals surface area (Å²) >= 11 is 4.91. The van der Waals surface area contributed by atoms with Gasteiger partial charge in [-0.25, -0.2) is 8.78 Å². The molecule has 0 aliphatic rings. The first-order valence-electron chi connectivity index (χ1n) is 4.81. The van der Waals surface area contributed by atoms with Crippen LogP contribution in [0, 0.1) is 6.92 Å². The number of aryl methyl sites for hydroxylation is 1. The fourth-order valence-corrected chi connectivity index (χ4v) is 1.65. The maximum atomic E-state index is 12.3. The molecule has 0 fully saturated rings. The summed E-state index contributed by atoms with van der Waals surface area (Å²) in [5.74, 6) is 0. The second kappa shape index (κ2) is 5.21. The lowest BCUT2D eigenvalue weighted by Crippen LogP contribution is -2.26. The normalized spacial score (nSPS) is 10.6. The SMILES string of the molecule is Cc1ccc(N(C)CC(F)F)c(C(N)=S)c1. The second-order valence-corrected chi connectivity index (χ2v) is 4.10. The Kier molecular flexibility index (Phi) is 4.18. The molecule has 1 aromatic rings. The third-order valence-electron chi connectivity index (χ3n) is 2.24. The molecule has 88 valence electrons. The molecule has 2 N–H and O–H groups in total. The van der Waals surface area contributed by atoms with Crippen LogP contribution in [0.15, 0.2) is 18.2 Å². The summed E-state index contributed by atoms with van der Waals surface area (Å²) in [5.41, 5.74) is 7.84. The Hall–Kier alpha value is -1.23. The highest BCUT2D eigenvalue weighted by Crippen LogP contribution is 2.21. The van der Waals surface area contributed by atoms with Crippen LogP contribution in [-0.2, 0) is 0 Å². The Balaban J connectivity index is 3.07. The predicted molar refractivity (Wildman–Crippen MR) is 66.3 cm³/mol. The van der Waals surface area contributed by atoms with Gasteiger partial charge in [0.15, 0.2) is 0 Å². The molecule has 0 bridgehead atoms. The van der Waals surface area contributed by atoms with Gasteiger partial charge in [-0.1, -0.05) is 23.8 Å². The molecule has 0 amide bonds. The maximum absolute atomic E-state index is 12.3. The van der Waals surface area contributed by atoms with E-state index in [1.807, 2.05) is 13.0 Å². The Bertz CT molecular complexity index is 394. The van der Waals surface area contributed by atoms with Crippen molar-refractivity contribution in [2.75, 3.05) is 18.5 Å². The Labute approximate surface area is 99.0 Å². The van der Waals surface area contributed by atoms with Gasteiger partial charge < -0.3 is 10.6 Å². The number of halogens is 2. The van der Waals surface area contributed by atoms with E-state index in [1.54, 1.807) is 19.2 Å². The minimum Gasteiger partial charge on any atom is -0.389 e. The van der Waals surface area contributed by atoms with Gasteiger partial charge in [0.25, 0.3) is 6.43 Å². The van der Waals surface area contributed by atoms with Crippen molar-refractivity contribution in [3.63, 3.8) is 0 Å². The van der Waals surface area contributed by atoms with E-state index in [2.05, 4.69) is 0 Å². The summed E-state index contributed by atoms with van der Waals surface area (Å²) in [5, 5.41) is 0. The summed E-state index contributed by atoms with van der Waals surface area (Å²) in [6.07, 6.45) is -2.38. The van der Waals surface area contributed by atoms with Crippen molar-refractivity contribution < 1.29 is 8.78 Å². The molecule has 1 aromatic carbocycles. The number of rotatable bonds is 4. The van der Waals surface area contributed by atoms with Crippen molar-refractivity contribution >= 4 is 22.9 Å². The molecule has 0 aliphatic carbocycles. The van der Waals surface area contributed by atoms with Crippen molar-refractivity contribution in [3.05, 3.63) is 29.3 Å². The lowest BCUT2D eigenvalue weighted by atomic mass is 10.1. The number of nitrogens with zero attached hydrogens (tertiary/aromatic N) is 1. The molecule has 16 heavy (non-hydrogen) atoms. The van der Waals surface area contributed by atoms with E-state index in [-0.39, 0.29) is 11.5 Å².